The Morgan fingerprint density at radius 1 is 0.839 bits per heavy atom. The molecule has 0 unspecified atom stereocenters. The summed E-state index contributed by atoms with van der Waals surface area (Å²) in [5.74, 6) is -1.45. The minimum Gasteiger partial charge on any atom is -0.387 e. The van der Waals surface area contributed by atoms with Gasteiger partial charge in [0.1, 0.15) is 6.61 Å². The van der Waals surface area contributed by atoms with Crippen molar-refractivity contribution in [1.29, 1.82) is 0 Å². The van der Waals surface area contributed by atoms with Gasteiger partial charge in [-0.05, 0) is 53.1 Å². The molecule has 8 nitrogen and oxygen atoms in total. The number of hydrogen-bond acceptors (Lipinski definition) is 4. The zero-order valence-electron chi connectivity index (χ0n) is 16.2. The first-order valence-electron chi connectivity index (χ1n) is 9.10. The Hall–Kier alpha value is -3.88. The molecule has 4 amide bonds. The van der Waals surface area contributed by atoms with Crippen molar-refractivity contribution in [2.24, 2.45) is 11.5 Å². The zero-order chi connectivity index (χ0) is 22.5. The number of amides is 4. The first kappa shape index (κ1) is 21.8. The standard InChI is InChI=1S/C22H19ClN4O4/c23-15-5-1-12(2-6-15)14-9-17(13-3-7-16(8-4-13)26-22(25)31)20(27-19(29)11-28)18(10-14)21(24)30/h1-10,28H,11H2,(H2,24,30)(H,27,29)(H3,25,26,31). The quantitative estimate of drug-likeness (QED) is 0.402. The molecule has 3 rings (SSSR count). The fourth-order valence-electron chi connectivity index (χ4n) is 3.06. The number of hydrogen-bond donors (Lipinski definition) is 5. The number of primary amides is 2. The second-order valence-electron chi connectivity index (χ2n) is 6.59. The van der Waals surface area contributed by atoms with Gasteiger partial charge in [0.05, 0.1) is 11.3 Å². The molecule has 0 aromatic heterocycles. The van der Waals surface area contributed by atoms with Gasteiger partial charge in [-0.1, -0.05) is 35.9 Å². The Balaban J connectivity index is 2.21. The summed E-state index contributed by atoms with van der Waals surface area (Å²) in [5, 5.41) is 14.7. The number of benzene rings is 3. The number of nitrogens with two attached hydrogens (primary N) is 2. The summed E-state index contributed by atoms with van der Waals surface area (Å²) in [6, 6.07) is 16.3. The largest absolute Gasteiger partial charge is 0.387 e. The van der Waals surface area contributed by atoms with Gasteiger partial charge >= 0.3 is 6.03 Å². The van der Waals surface area contributed by atoms with Gasteiger partial charge in [-0.15, -0.1) is 0 Å². The lowest BCUT2D eigenvalue weighted by Gasteiger charge is -2.17. The van der Waals surface area contributed by atoms with Crippen LogP contribution in [0.5, 0.6) is 0 Å². The van der Waals surface area contributed by atoms with E-state index in [9.17, 15) is 19.5 Å². The average Bonchev–Trinajstić information content (AvgIpc) is 2.74. The Labute approximate surface area is 182 Å². The van der Waals surface area contributed by atoms with Crippen molar-refractivity contribution >= 4 is 40.8 Å². The molecule has 0 saturated heterocycles. The number of carbonyl (C=O) groups is 3. The average molecular weight is 439 g/mol. The third-order valence-corrected chi connectivity index (χ3v) is 4.70. The Bertz CT molecular complexity index is 1150. The van der Waals surface area contributed by atoms with Crippen LogP contribution in [-0.2, 0) is 4.79 Å². The fraction of sp³-hybridized carbons (Fsp3) is 0.0455. The van der Waals surface area contributed by atoms with Crippen LogP contribution >= 0.6 is 11.6 Å². The molecule has 0 heterocycles. The number of nitrogens with one attached hydrogen (secondary N) is 2. The van der Waals surface area contributed by atoms with Crippen molar-refractivity contribution in [3.63, 3.8) is 0 Å². The van der Waals surface area contributed by atoms with E-state index in [2.05, 4.69) is 10.6 Å². The molecule has 0 aliphatic rings. The summed E-state index contributed by atoms with van der Waals surface area (Å²) < 4.78 is 0. The van der Waals surface area contributed by atoms with E-state index in [0.717, 1.165) is 5.56 Å². The van der Waals surface area contributed by atoms with E-state index in [1.54, 1.807) is 60.7 Å². The lowest BCUT2D eigenvalue weighted by Crippen LogP contribution is -2.21. The molecular weight excluding hydrogens is 420 g/mol. The van der Waals surface area contributed by atoms with Crippen LogP contribution in [0.2, 0.25) is 5.02 Å². The van der Waals surface area contributed by atoms with Crippen molar-refractivity contribution < 1.29 is 19.5 Å². The number of halogens is 1. The number of urea groups is 1. The van der Waals surface area contributed by atoms with Crippen molar-refractivity contribution in [3.8, 4) is 22.3 Å². The molecule has 7 N–H and O–H groups in total. The summed E-state index contributed by atoms with van der Waals surface area (Å²) in [7, 11) is 0. The zero-order valence-corrected chi connectivity index (χ0v) is 16.9. The van der Waals surface area contributed by atoms with Crippen LogP contribution in [0.4, 0.5) is 16.2 Å². The molecule has 3 aromatic rings. The highest BCUT2D eigenvalue weighted by Crippen LogP contribution is 2.37. The topological polar surface area (TPSA) is 148 Å². The highest BCUT2D eigenvalue weighted by atomic mass is 35.5. The van der Waals surface area contributed by atoms with Crippen LogP contribution in [-0.4, -0.2) is 29.6 Å². The predicted octanol–water partition coefficient (Wildman–Crippen LogP) is 3.19. The van der Waals surface area contributed by atoms with Gasteiger partial charge in [0.25, 0.3) is 5.91 Å². The maximum atomic E-state index is 12.2. The van der Waals surface area contributed by atoms with Gasteiger partial charge in [0.15, 0.2) is 0 Å². The van der Waals surface area contributed by atoms with E-state index in [1.807, 2.05) is 0 Å². The smallest absolute Gasteiger partial charge is 0.316 e. The van der Waals surface area contributed by atoms with Crippen LogP contribution in [0, 0.1) is 0 Å². The predicted molar refractivity (Wildman–Crippen MR) is 120 cm³/mol. The molecule has 0 saturated carbocycles. The molecule has 0 atom stereocenters. The van der Waals surface area contributed by atoms with Gasteiger partial charge < -0.3 is 27.2 Å². The van der Waals surface area contributed by atoms with E-state index < -0.39 is 24.5 Å². The number of anilines is 2. The molecule has 0 spiro atoms. The Morgan fingerprint density at radius 3 is 2.00 bits per heavy atom. The monoisotopic (exact) mass is 438 g/mol. The number of aliphatic hydroxyl groups is 1. The van der Waals surface area contributed by atoms with Crippen LogP contribution in [0.25, 0.3) is 22.3 Å². The SMILES string of the molecule is NC(=O)Nc1ccc(-c2cc(-c3ccc(Cl)cc3)cc(C(N)=O)c2NC(=O)CO)cc1. The van der Waals surface area contributed by atoms with Gasteiger partial charge in [-0.25, -0.2) is 4.79 Å². The van der Waals surface area contributed by atoms with Crippen LogP contribution < -0.4 is 22.1 Å². The maximum absolute atomic E-state index is 12.2. The van der Waals surface area contributed by atoms with Crippen molar-refractivity contribution in [1.82, 2.24) is 0 Å². The minimum atomic E-state index is -0.766. The second-order valence-corrected chi connectivity index (χ2v) is 7.03. The summed E-state index contributed by atoms with van der Waals surface area (Å²) in [5.41, 5.74) is 14.0. The fourth-order valence-corrected chi connectivity index (χ4v) is 3.19. The van der Waals surface area contributed by atoms with Crippen molar-refractivity contribution in [2.45, 2.75) is 0 Å². The van der Waals surface area contributed by atoms with E-state index >= 15 is 0 Å². The van der Waals surface area contributed by atoms with Gasteiger partial charge in [-0.2, -0.15) is 0 Å². The third kappa shape index (κ3) is 5.19. The van der Waals surface area contributed by atoms with Crippen LogP contribution in [0.15, 0.2) is 60.7 Å². The molecule has 31 heavy (non-hydrogen) atoms. The molecule has 0 radical (unpaired) electrons. The van der Waals surface area contributed by atoms with Gasteiger partial charge in [0, 0.05) is 16.3 Å². The molecule has 9 heteroatoms. The Morgan fingerprint density at radius 2 is 1.45 bits per heavy atom. The first-order chi connectivity index (χ1) is 14.8. The van der Waals surface area contributed by atoms with E-state index in [-0.39, 0.29) is 11.3 Å². The minimum absolute atomic E-state index is 0.0728. The summed E-state index contributed by atoms with van der Waals surface area (Å²) >= 11 is 5.97. The van der Waals surface area contributed by atoms with Crippen molar-refractivity contribution in [3.05, 3.63) is 71.2 Å². The molecule has 158 valence electrons. The third-order valence-electron chi connectivity index (χ3n) is 4.45. The van der Waals surface area contributed by atoms with Crippen LogP contribution in [0.3, 0.4) is 0 Å². The van der Waals surface area contributed by atoms with E-state index in [4.69, 9.17) is 23.1 Å². The normalized spacial score (nSPS) is 10.4. The molecule has 0 fully saturated rings. The van der Waals surface area contributed by atoms with Crippen LogP contribution in [0.1, 0.15) is 10.4 Å². The molecule has 3 aromatic carbocycles. The highest BCUT2D eigenvalue weighted by molar-refractivity contribution is 6.30. The maximum Gasteiger partial charge on any atom is 0.316 e. The van der Waals surface area contributed by atoms with Gasteiger partial charge in [-0.3, -0.25) is 9.59 Å². The van der Waals surface area contributed by atoms with E-state index in [0.29, 0.717) is 27.4 Å². The molecular formula is C22H19ClN4O4. The molecule has 0 bridgehead atoms. The van der Waals surface area contributed by atoms with Gasteiger partial charge in [0.2, 0.25) is 5.91 Å². The highest BCUT2D eigenvalue weighted by Gasteiger charge is 2.19. The molecule has 0 aliphatic heterocycles. The van der Waals surface area contributed by atoms with Crippen molar-refractivity contribution in [2.75, 3.05) is 17.2 Å². The summed E-state index contributed by atoms with van der Waals surface area (Å²) in [6.45, 7) is -0.766. The Kier molecular flexibility index (Phi) is 6.54. The summed E-state index contributed by atoms with van der Waals surface area (Å²) in [6.07, 6.45) is 0. The number of aliphatic hydroxyl groups excluding tert-OH is 1. The lowest BCUT2D eigenvalue weighted by atomic mass is 9.93. The lowest BCUT2D eigenvalue weighted by molar-refractivity contribution is -0.118. The summed E-state index contributed by atoms with van der Waals surface area (Å²) in [4.78, 5) is 35.2. The van der Waals surface area contributed by atoms with E-state index in [1.165, 1.54) is 0 Å². The molecule has 0 aliphatic carbocycles. The number of carbonyl (C=O) groups excluding carboxylic acids is 3. The number of rotatable bonds is 6. The first-order valence-corrected chi connectivity index (χ1v) is 9.47. The second kappa shape index (κ2) is 9.29.